The van der Waals surface area contributed by atoms with E-state index in [9.17, 15) is 10.2 Å². The Labute approximate surface area is 147 Å². The topological polar surface area (TPSA) is 82.4 Å². The van der Waals surface area contributed by atoms with Gasteiger partial charge in [0.25, 0.3) is 0 Å². The fraction of sp³-hybridized carbons (Fsp3) is 0.368. The zero-order valence-electron chi connectivity index (χ0n) is 14.6. The van der Waals surface area contributed by atoms with Crippen LogP contribution in [0.25, 0.3) is 0 Å². The van der Waals surface area contributed by atoms with Crippen molar-refractivity contribution in [1.82, 2.24) is 4.90 Å². The molecule has 0 saturated heterocycles. The summed E-state index contributed by atoms with van der Waals surface area (Å²) in [6.07, 6.45) is 0.657. The number of phenols is 2. The van der Waals surface area contributed by atoms with Crippen LogP contribution in [0.3, 0.4) is 0 Å². The highest BCUT2D eigenvalue weighted by Gasteiger charge is 2.11. The van der Waals surface area contributed by atoms with Crippen molar-refractivity contribution < 1.29 is 24.8 Å². The fourth-order valence-corrected chi connectivity index (χ4v) is 2.67. The Morgan fingerprint density at radius 3 is 1.72 bits per heavy atom. The Bertz CT molecular complexity index is 634. The van der Waals surface area contributed by atoms with Gasteiger partial charge >= 0.3 is 0 Å². The van der Waals surface area contributed by atoms with Crippen LogP contribution in [0, 0.1) is 0 Å². The smallest absolute Gasteiger partial charge is 0.160 e. The van der Waals surface area contributed by atoms with E-state index in [1.165, 1.54) is 14.2 Å². The van der Waals surface area contributed by atoms with Gasteiger partial charge in [0.2, 0.25) is 0 Å². The second-order valence-electron chi connectivity index (χ2n) is 5.80. The van der Waals surface area contributed by atoms with Crippen molar-refractivity contribution in [2.24, 2.45) is 0 Å². The highest BCUT2D eigenvalue weighted by molar-refractivity contribution is 5.42. The van der Waals surface area contributed by atoms with Gasteiger partial charge in [0.05, 0.1) is 14.2 Å². The van der Waals surface area contributed by atoms with Crippen molar-refractivity contribution in [3.63, 3.8) is 0 Å². The summed E-state index contributed by atoms with van der Waals surface area (Å²) in [6, 6.07) is 10.5. The Morgan fingerprint density at radius 2 is 1.32 bits per heavy atom. The van der Waals surface area contributed by atoms with Crippen LogP contribution in [0.5, 0.6) is 23.0 Å². The van der Waals surface area contributed by atoms with E-state index in [2.05, 4.69) is 4.90 Å². The van der Waals surface area contributed by atoms with Gasteiger partial charge in [-0.25, -0.2) is 0 Å². The molecule has 2 aromatic carbocycles. The lowest BCUT2D eigenvalue weighted by molar-refractivity contribution is 0.212. The van der Waals surface area contributed by atoms with Crippen molar-refractivity contribution in [2.75, 3.05) is 27.4 Å². The second kappa shape index (κ2) is 9.15. The van der Waals surface area contributed by atoms with Crippen LogP contribution in [0.4, 0.5) is 0 Å². The second-order valence-corrected chi connectivity index (χ2v) is 5.80. The molecule has 0 aliphatic rings. The lowest BCUT2D eigenvalue weighted by atomic mass is 10.1. The number of aliphatic hydroxyl groups excluding tert-OH is 1. The lowest BCUT2D eigenvalue weighted by Gasteiger charge is -2.23. The number of aliphatic hydroxyl groups is 1. The van der Waals surface area contributed by atoms with Crippen LogP contribution in [0.1, 0.15) is 17.5 Å². The molecule has 6 heteroatoms. The number of phenolic OH excluding ortho intramolecular Hbond substituents is 2. The van der Waals surface area contributed by atoms with E-state index in [1.807, 2.05) is 12.1 Å². The number of methoxy groups -OCH3 is 2. The van der Waals surface area contributed by atoms with Crippen LogP contribution in [0.15, 0.2) is 36.4 Å². The standard InChI is InChI=1S/C19H25NO5/c1-24-18-10-14(4-6-16(18)22)12-20(8-3-9-21)13-15-5-7-17(23)19(11-15)25-2/h4-7,10-11,21-23H,3,8-9,12-13H2,1-2H3. The van der Waals surface area contributed by atoms with E-state index in [0.717, 1.165) is 11.1 Å². The van der Waals surface area contributed by atoms with E-state index in [4.69, 9.17) is 14.6 Å². The molecule has 0 saturated carbocycles. The van der Waals surface area contributed by atoms with Gasteiger partial charge in [0, 0.05) is 26.2 Å². The summed E-state index contributed by atoms with van der Waals surface area (Å²) in [5.74, 6) is 1.09. The van der Waals surface area contributed by atoms with E-state index >= 15 is 0 Å². The van der Waals surface area contributed by atoms with Gasteiger partial charge in [-0.2, -0.15) is 0 Å². The molecule has 25 heavy (non-hydrogen) atoms. The Morgan fingerprint density at radius 1 is 0.840 bits per heavy atom. The van der Waals surface area contributed by atoms with E-state index < -0.39 is 0 Å². The number of rotatable bonds is 9. The summed E-state index contributed by atoms with van der Waals surface area (Å²) in [5.41, 5.74) is 2.00. The Hall–Kier alpha value is -2.44. The molecule has 0 amide bonds. The Balaban J connectivity index is 2.15. The summed E-state index contributed by atoms with van der Waals surface area (Å²) in [6.45, 7) is 2.11. The van der Waals surface area contributed by atoms with Gasteiger partial charge in [-0.1, -0.05) is 12.1 Å². The summed E-state index contributed by atoms with van der Waals surface area (Å²) in [5, 5.41) is 28.6. The molecule has 0 radical (unpaired) electrons. The molecule has 2 aromatic rings. The zero-order valence-corrected chi connectivity index (χ0v) is 14.6. The summed E-state index contributed by atoms with van der Waals surface area (Å²) >= 11 is 0. The highest BCUT2D eigenvalue weighted by Crippen LogP contribution is 2.29. The summed E-state index contributed by atoms with van der Waals surface area (Å²) in [4.78, 5) is 2.17. The average molecular weight is 347 g/mol. The number of hydrogen-bond donors (Lipinski definition) is 3. The van der Waals surface area contributed by atoms with Gasteiger partial charge in [-0.3, -0.25) is 4.90 Å². The molecule has 0 spiro atoms. The Kier molecular flexibility index (Phi) is 6.91. The van der Waals surface area contributed by atoms with Crippen molar-refractivity contribution in [3.05, 3.63) is 47.5 Å². The van der Waals surface area contributed by atoms with Gasteiger partial charge < -0.3 is 24.8 Å². The SMILES string of the molecule is COc1cc(CN(CCCO)Cc2ccc(O)c(OC)c2)ccc1O. The first kappa shape index (κ1) is 18.9. The quantitative estimate of drug-likeness (QED) is 0.646. The third kappa shape index (κ3) is 5.27. The molecule has 2 rings (SSSR count). The van der Waals surface area contributed by atoms with Crippen LogP contribution >= 0.6 is 0 Å². The first-order valence-corrected chi connectivity index (χ1v) is 8.12. The number of benzene rings is 2. The van der Waals surface area contributed by atoms with Crippen LogP contribution in [0.2, 0.25) is 0 Å². The highest BCUT2D eigenvalue weighted by atomic mass is 16.5. The van der Waals surface area contributed by atoms with Crippen LogP contribution < -0.4 is 9.47 Å². The van der Waals surface area contributed by atoms with Crippen molar-refractivity contribution in [1.29, 1.82) is 0 Å². The number of hydrogen-bond acceptors (Lipinski definition) is 6. The molecule has 136 valence electrons. The molecular weight excluding hydrogens is 322 g/mol. The molecule has 3 N–H and O–H groups in total. The molecular formula is C19H25NO5. The minimum atomic E-state index is 0.108. The van der Waals surface area contributed by atoms with Crippen molar-refractivity contribution >= 4 is 0 Å². The molecule has 0 aliphatic heterocycles. The van der Waals surface area contributed by atoms with E-state index in [1.54, 1.807) is 24.3 Å². The molecule has 0 fully saturated rings. The monoisotopic (exact) mass is 347 g/mol. The lowest BCUT2D eigenvalue weighted by Crippen LogP contribution is -2.24. The first-order valence-electron chi connectivity index (χ1n) is 8.12. The van der Waals surface area contributed by atoms with Gasteiger partial charge in [0.1, 0.15) is 0 Å². The molecule has 0 aromatic heterocycles. The van der Waals surface area contributed by atoms with Gasteiger partial charge in [-0.05, 0) is 41.8 Å². The van der Waals surface area contributed by atoms with Crippen molar-refractivity contribution in [3.8, 4) is 23.0 Å². The summed E-state index contributed by atoms with van der Waals surface area (Å²) in [7, 11) is 3.04. The molecule has 0 heterocycles. The van der Waals surface area contributed by atoms with Crippen LogP contribution in [-0.4, -0.2) is 47.6 Å². The normalized spacial score (nSPS) is 10.9. The maximum absolute atomic E-state index is 9.72. The van der Waals surface area contributed by atoms with E-state index in [-0.39, 0.29) is 18.1 Å². The third-order valence-electron chi connectivity index (χ3n) is 3.93. The zero-order chi connectivity index (χ0) is 18.2. The number of ether oxygens (including phenoxy) is 2. The largest absolute Gasteiger partial charge is 0.504 e. The molecule has 6 nitrogen and oxygen atoms in total. The fourth-order valence-electron chi connectivity index (χ4n) is 2.67. The van der Waals surface area contributed by atoms with E-state index in [0.29, 0.717) is 37.6 Å². The van der Waals surface area contributed by atoms with Gasteiger partial charge in [-0.15, -0.1) is 0 Å². The minimum absolute atomic E-state index is 0.108. The van der Waals surface area contributed by atoms with Crippen LogP contribution in [-0.2, 0) is 13.1 Å². The molecule has 0 unspecified atom stereocenters. The maximum atomic E-state index is 9.72. The molecule has 0 bridgehead atoms. The van der Waals surface area contributed by atoms with Gasteiger partial charge in [0.15, 0.2) is 23.0 Å². The summed E-state index contributed by atoms with van der Waals surface area (Å²) < 4.78 is 10.3. The average Bonchev–Trinajstić information content (AvgIpc) is 2.62. The minimum Gasteiger partial charge on any atom is -0.504 e. The first-order chi connectivity index (χ1) is 12.1. The molecule has 0 aliphatic carbocycles. The molecule has 0 atom stereocenters. The predicted molar refractivity (Wildman–Crippen MR) is 95.1 cm³/mol. The third-order valence-corrected chi connectivity index (χ3v) is 3.93. The predicted octanol–water partition coefficient (Wildman–Crippen LogP) is 2.50. The maximum Gasteiger partial charge on any atom is 0.160 e. The number of aromatic hydroxyl groups is 2. The van der Waals surface area contributed by atoms with Crippen molar-refractivity contribution in [2.45, 2.75) is 19.5 Å². The number of nitrogens with zero attached hydrogens (tertiary/aromatic N) is 1.